The van der Waals surface area contributed by atoms with E-state index in [1.54, 1.807) is 38.1 Å². The largest absolute Gasteiger partial charge is 0.514 e. The summed E-state index contributed by atoms with van der Waals surface area (Å²) < 4.78 is 53.7. The van der Waals surface area contributed by atoms with Crippen molar-refractivity contribution in [1.29, 1.82) is 0 Å². The van der Waals surface area contributed by atoms with Gasteiger partial charge in [-0.2, -0.15) is 0 Å². The van der Waals surface area contributed by atoms with Gasteiger partial charge in [-0.25, -0.2) is 4.79 Å². The zero-order chi connectivity index (χ0) is 52.2. The summed E-state index contributed by atoms with van der Waals surface area (Å²) in [6, 6.07) is 10.4. The van der Waals surface area contributed by atoms with Crippen molar-refractivity contribution in [3.8, 4) is 5.75 Å². The molecule has 0 radical (unpaired) electrons. The standard InChI is InChI=1S/C47H66N6O19/c1-35(2)45(46(59)49-33-42(56)50-37-5-3-36(4-6-37)34-71-47(60)72-39-9-7-38(8-10-39)53(61)62)51-41(55)14-17-63-19-21-65-23-25-67-27-29-69-31-32-70-30-28-68-26-24-66-22-20-64-18-15-48-40(54)13-16-52-43(57)11-12-44(52)58/h3-12,35,45H,13-34H2,1-2H3,(H,48,54)(H,49,59)(H,50,56)(H,51,55)/t45-/m0/s1. The monoisotopic (exact) mass is 1020 g/mol. The third-order valence-electron chi connectivity index (χ3n) is 9.64. The number of nitrogens with zero attached hydrogens (tertiary/aromatic N) is 2. The summed E-state index contributed by atoms with van der Waals surface area (Å²) in [5, 5.41) is 21.3. The minimum absolute atomic E-state index is 0.0146. The lowest BCUT2D eigenvalue weighted by Gasteiger charge is -2.21. The molecule has 0 aromatic heterocycles. The van der Waals surface area contributed by atoms with Crippen LogP contribution in [0.5, 0.6) is 5.75 Å². The van der Waals surface area contributed by atoms with Crippen molar-refractivity contribution in [3.63, 3.8) is 0 Å². The van der Waals surface area contributed by atoms with Gasteiger partial charge in [-0.1, -0.05) is 26.0 Å². The van der Waals surface area contributed by atoms with Crippen LogP contribution in [0.3, 0.4) is 0 Å². The normalized spacial score (nSPS) is 12.5. The second-order valence-electron chi connectivity index (χ2n) is 15.6. The summed E-state index contributed by atoms with van der Waals surface area (Å²) in [6.45, 7) is 9.04. The average Bonchev–Trinajstić information content (AvgIpc) is 3.68. The number of nitro benzene ring substituents is 1. The minimum atomic E-state index is -1.00. The number of nitrogens with one attached hydrogen (secondary N) is 4. The van der Waals surface area contributed by atoms with Crippen LogP contribution >= 0.6 is 0 Å². The number of rotatable bonds is 40. The SMILES string of the molecule is CC(C)[C@H](NC(=O)CCOCCOCCOCCOCCOCCOCCOCCOCCNC(=O)CCN1C(=O)C=CC1=O)C(=O)NCC(=O)Nc1ccc(COC(=O)Oc2ccc([N+](=O)[O-])cc2)cc1. The first-order chi connectivity index (χ1) is 34.8. The van der Waals surface area contributed by atoms with Crippen LogP contribution < -0.4 is 26.0 Å². The van der Waals surface area contributed by atoms with Crippen LogP contribution in [0.1, 0.15) is 32.3 Å². The quantitative estimate of drug-likeness (QED) is 0.0183. The molecule has 0 unspecified atom stereocenters. The Balaban J connectivity index is 1.04. The smallest absolute Gasteiger partial charge is 0.429 e. The van der Waals surface area contributed by atoms with E-state index in [9.17, 15) is 43.7 Å². The summed E-state index contributed by atoms with van der Waals surface area (Å²) in [6.07, 6.45) is 1.40. The maximum absolute atomic E-state index is 12.9. The molecule has 0 spiro atoms. The zero-order valence-electron chi connectivity index (χ0n) is 40.6. The Morgan fingerprint density at radius 2 is 1.08 bits per heavy atom. The van der Waals surface area contributed by atoms with E-state index in [4.69, 9.17) is 47.4 Å². The van der Waals surface area contributed by atoms with Crippen LogP contribution in [-0.4, -0.2) is 183 Å². The number of benzene rings is 2. The number of imide groups is 1. The van der Waals surface area contributed by atoms with Gasteiger partial charge < -0.3 is 68.6 Å². The lowest BCUT2D eigenvalue weighted by atomic mass is 10.0. The van der Waals surface area contributed by atoms with Gasteiger partial charge in [0.2, 0.25) is 23.6 Å². The molecule has 2 aromatic carbocycles. The van der Waals surface area contributed by atoms with Crippen LogP contribution in [0.4, 0.5) is 16.2 Å². The highest BCUT2D eigenvalue weighted by Gasteiger charge is 2.25. The zero-order valence-corrected chi connectivity index (χ0v) is 40.6. The Kier molecular flexibility index (Phi) is 30.3. The first-order valence-corrected chi connectivity index (χ1v) is 23.3. The molecule has 0 fully saturated rings. The van der Waals surface area contributed by atoms with Crippen molar-refractivity contribution in [2.45, 2.75) is 39.3 Å². The summed E-state index contributed by atoms with van der Waals surface area (Å²) in [4.78, 5) is 95.9. The highest BCUT2D eigenvalue weighted by atomic mass is 16.7. The maximum atomic E-state index is 12.9. The Labute approximate surface area is 416 Å². The molecule has 0 saturated heterocycles. The Hall–Kier alpha value is -6.45. The Morgan fingerprint density at radius 3 is 1.57 bits per heavy atom. The third kappa shape index (κ3) is 27.2. The van der Waals surface area contributed by atoms with E-state index in [0.29, 0.717) is 110 Å². The average molecular weight is 1020 g/mol. The van der Waals surface area contributed by atoms with E-state index in [1.807, 2.05) is 0 Å². The summed E-state index contributed by atoms with van der Waals surface area (Å²) >= 11 is 0. The highest BCUT2D eigenvalue weighted by Crippen LogP contribution is 2.18. The molecule has 4 N–H and O–H groups in total. The number of anilines is 1. The fraction of sp³-hybridized carbons (Fsp3) is 0.553. The summed E-state index contributed by atoms with van der Waals surface area (Å²) in [5.41, 5.74) is 0.859. The van der Waals surface area contributed by atoms with E-state index in [1.165, 1.54) is 36.4 Å². The van der Waals surface area contributed by atoms with E-state index in [0.717, 1.165) is 4.90 Å². The van der Waals surface area contributed by atoms with Crippen LogP contribution in [0, 0.1) is 16.0 Å². The maximum Gasteiger partial charge on any atom is 0.514 e. The Morgan fingerprint density at radius 1 is 0.597 bits per heavy atom. The molecule has 0 bridgehead atoms. The van der Waals surface area contributed by atoms with Crippen molar-refractivity contribution in [2.75, 3.05) is 131 Å². The van der Waals surface area contributed by atoms with Gasteiger partial charge in [-0.3, -0.25) is 43.8 Å². The molecule has 2 aromatic rings. The lowest BCUT2D eigenvalue weighted by Crippen LogP contribution is -2.51. The second-order valence-corrected chi connectivity index (χ2v) is 15.6. The summed E-state index contributed by atoms with van der Waals surface area (Å²) in [5.74, 6) is -2.72. The summed E-state index contributed by atoms with van der Waals surface area (Å²) in [7, 11) is 0. The van der Waals surface area contributed by atoms with Crippen LogP contribution in [0.25, 0.3) is 0 Å². The van der Waals surface area contributed by atoms with Gasteiger partial charge in [0.1, 0.15) is 18.4 Å². The molecule has 1 heterocycles. The van der Waals surface area contributed by atoms with Crippen LogP contribution in [-0.2, 0) is 78.0 Å². The molecule has 398 valence electrons. The predicted octanol–water partition coefficient (Wildman–Crippen LogP) is 1.46. The number of hydrogen-bond acceptors (Lipinski definition) is 19. The number of carbonyl (C=O) groups is 7. The van der Waals surface area contributed by atoms with Gasteiger partial charge >= 0.3 is 6.16 Å². The molecule has 1 aliphatic rings. The van der Waals surface area contributed by atoms with Crippen molar-refractivity contribution in [2.24, 2.45) is 5.92 Å². The van der Waals surface area contributed by atoms with Gasteiger partial charge in [-0.15, -0.1) is 0 Å². The van der Waals surface area contributed by atoms with Gasteiger partial charge in [0.05, 0.1) is 117 Å². The number of nitro groups is 1. The first kappa shape index (κ1) is 59.9. The van der Waals surface area contributed by atoms with Crippen molar-refractivity contribution in [1.82, 2.24) is 20.9 Å². The molecule has 1 atom stereocenters. The van der Waals surface area contributed by atoms with E-state index in [2.05, 4.69) is 21.3 Å². The predicted molar refractivity (Wildman–Crippen MR) is 253 cm³/mol. The molecule has 0 aliphatic carbocycles. The van der Waals surface area contributed by atoms with Crippen LogP contribution in [0.15, 0.2) is 60.7 Å². The minimum Gasteiger partial charge on any atom is -0.429 e. The van der Waals surface area contributed by atoms with Crippen molar-refractivity contribution < 1.29 is 85.9 Å². The number of ether oxygens (including phenoxy) is 10. The molecular formula is C47H66N6O19. The van der Waals surface area contributed by atoms with E-state index >= 15 is 0 Å². The highest BCUT2D eigenvalue weighted by molar-refractivity contribution is 6.13. The molecule has 25 heteroatoms. The fourth-order valence-corrected chi connectivity index (χ4v) is 5.87. The molecule has 6 amide bonds. The molecular weight excluding hydrogens is 953 g/mol. The number of hydrogen-bond donors (Lipinski definition) is 4. The van der Waals surface area contributed by atoms with E-state index in [-0.39, 0.29) is 69.0 Å². The molecule has 72 heavy (non-hydrogen) atoms. The molecule has 0 saturated carbocycles. The van der Waals surface area contributed by atoms with Crippen LogP contribution in [0.2, 0.25) is 0 Å². The molecule has 3 rings (SSSR count). The topological polar surface area (TPSA) is 306 Å². The van der Waals surface area contributed by atoms with Gasteiger partial charge in [-0.05, 0) is 35.7 Å². The number of carbonyl (C=O) groups excluding carboxylic acids is 7. The van der Waals surface area contributed by atoms with Gasteiger partial charge in [0, 0.05) is 55.9 Å². The van der Waals surface area contributed by atoms with Gasteiger partial charge in [0.15, 0.2) is 0 Å². The van der Waals surface area contributed by atoms with E-state index < -0.39 is 46.7 Å². The fourth-order valence-electron chi connectivity index (χ4n) is 5.87. The third-order valence-corrected chi connectivity index (χ3v) is 9.64. The number of non-ortho nitro benzene ring substituents is 1. The first-order valence-electron chi connectivity index (χ1n) is 23.3. The Bertz CT molecular complexity index is 1990. The molecule has 1 aliphatic heterocycles. The van der Waals surface area contributed by atoms with Crippen molar-refractivity contribution in [3.05, 3.63) is 76.4 Å². The van der Waals surface area contributed by atoms with Gasteiger partial charge in [0.25, 0.3) is 17.5 Å². The lowest BCUT2D eigenvalue weighted by molar-refractivity contribution is -0.384. The number of amides is 6. The van der Waals surface area contributed by atoms with Crippen molar-refractivity contribution >= 4 is 53.0 Å². The second kappa shape index (κ2) is 36.5. The molecule has 25 nitrogen and oxygen atoms in total.